The molecule has 0 aromatic heterocycles. The molecule has 0 rings (SSSR count). The van der Waals surface area contributed by atoms with E-state index in [9.17, 15) is 0 Å². The molecule has 0 heterocycles. The predicted molar refractivity (Wildman–Crippen MR) is 58.8 cm³/mol. The highest BCUT2D eigenvalue weighted by Crippen LogP contribution is 1.88. The Morgan fingerprint density at radius 3 is 1.92 bits per heavy atom. The molecule has 0 atom stereocenters. The predicted octanol–water partition coefficient (Wildman–Crippen LogP) is 1.50. The van der Waals surface area contributed by atoms with Crippen LogP contribution < -0.4 is 5.73 Å². The van der Waals surface area contributed by atoms with Crippen molar-refractivity contribution in [3.05, 3.63) is 0 Å². The maximum absolute atomic E-state index is 6.99. The summed E-state index contributed by atoms with van der Waals surface area (Å²) in [7, 11) is 0. The molecule has 0 saturated carbocycles. The van der Waals surface area contributed by atoms with Gasteiger partial charge >= 0.3 is 0 Å². The summed E-state index contributed by atoms with van der Waals surface area (Å²) in [5.74, 6) is 0.284. The van der Waals surface area contributed by atoms with E-state index in [1.807, 2.05) is 0 Å². The van der Waals surface area contributed by atoms with Crippen LogP contribution in [0.25, 0.3) is 0 Å². The molecule has 0 unspecified atom stereocenters. The molecular formula is C7H19Cl2N3. The smallest absolute Gasteiger partial charge is 0.0918 e. The average Bonchev–Trinajstić information content (AvgIpc) is 1.90. The van der Waals surface area contributed by atoms with Gasteiger partial charge in [0.2, 0.25) is 0 Å². The third-order valence-corrected chi connectivity index (χ3v) is 1.59. The summed E-state index contributed by atoms with van der Waals surface area (Å²) in [5.41, 5.74) is 5.21. The third-order valence-electron chi connectivity index (χ3n) is 1.59. The Kier molecular flexibility index (Phi) is 16.5. The van der Waals surface area contributed by atoms with E-state index in [-0.39, 0.29) is 30.6 Å². The molecule has 0 amide bonds. The summed E-state index contributed by atoms with van der Waals surface area (Å²) < 4.78 is 0. The Balaban J connectivity index is -0.000000405. The lowest BCUT2D eigenvalue weighted by atomic mass is 10.3. The number of nitrogens with zero attached hydrogens (tertiary/aromatic N) is 1. The Morgan fingerprint density at radius 2 is 1.67 bits per heavy atom. The highest BCUT2D eigenvalue weighted by molar-refractivity contribution is 5.85. The van der Waals surface area contributed by atoms with Crippen LogP contribution in [0.1, 0.15) is 20.3 Å². The molecule has 12 heavy (non-hydrogen) atoms. The summed E-state index contributed by atoms with van der Waals surface area (Å²) in [6, 6.07) is 0. The van der Waals surface area contributed by atoms with Crippen LogP contribution in [0.5, 0.6) is 0 Å². The van der Waals surface area contributed by atoms with Crippen molar-refractivity contribution in [2.75, 3.05) is 19.6 Å². The van der Waals surface area contributed by atoms with Gasteiger partial charge in [0.05, 0.1) is 5.84 Å². The summed E-state index contributed by atoms with van der Waals surface area (Å²) in [4.78, 5) is 2.25. The maximum atomic E-state index is 6.99. The van der Waals surface area contributed by atoms with Crippen molar-refractivity contribution in [1.82, 2.24) is 4.90 Å². The van der Waals surface area contributed by atoms with Gasteiger partial charge in [0, 0.05) is 13.0 Å². The van der Waals surface area contributed by atoms with Crippen molar-refractivity contribution in [1.29, 1.82) is 5.41 Å². The molecule has 76 valence electrons. The van der Waals surface area contributed by atoms with E-state index in [2.05, 4.69) is 18.7 Å². The molecule has 0 spiro atoms. The van der Waals surface area contributed by atoms with E-state index < -0.39 is 0 Å². The standard InChI is InChI=1S/C7H17N3.2ClH/c1-3-10(4-2)6-5-7(8)9;;/h3-6H2,1-2H3,(H3,8,9);2*1H. The largest absolute Gasteiger partial charge is 0.388 e. The highest BCUT2D eigenvalue weighted by Gasteiger charge is 1.97. The van der Waals surface area contributed by atoms with Crippen molar-refractivity contribution >= 4 is 30.6 Å². The maximum Gasteiger partial charge on any atom is 0.0918 e. The number of halogens is 2. The fraction of sp³-hybridized carbons (Fsp3) is 0.857. The first-order chi connectivity index (χ1) is 4.70. The summed E-state index contributed by atoms with van der Waals surface area (Å²) in [6.07, 6.45) is 0.696. The Hall–Kier alpha value is 0.01000. The average molecular weight is 216 g/mol. The van der Waals surface area contributed by atoms with Crippen molar-refractivity contribution < 1.29 is 0 Å². The number of nitrogens with one attached hydrogen (secondary N) is 1. The minimum Gasteiger partial charge on any atom is -0.388 e. The number of hydrogen-bond acceptors (Lipinski definition) is 2. The molecule has 0 aliphatic heterocycles. The topological polar surface area (TPSA) is 53.1 Å². The molecule has 3 N–H and O–H groups in total. The van der Waals surface area contributed by atoms with Gasteiger partial charge < -0.3 is 10.6 Å². The normalized spacial score (nSPS) is 8.58. The van der Waals surface area contributed by atoms with E-state index in [1.165, 1.54) is 0 Å². The third kappa shape index (κ3) is 10.0. The fourth-order valence-electron chi connectivity index (χ4n) is 0.818. The van der Waals surface area contributed by atoms with E-state index in [0.29, 0.717) is 6.42 Å². The Morgan fingerprint density at radius 1 is 1.25 bits per heavy atom. The van der Waals surface area contributed by atoms with Gasteiger partial charge in [0.15, 0.2) is 0 Å². The SMILES string of the molecule is CCN(CC)CCC(=N)N.Cl.Cl. The van der Waals surface area contributed by atoms with Crippen LogP contribution in [0.4, 0.5) is 0 Å². The van der Waals surface area contributed by atoms with Gasteiger partial charge in [-0.2, -0.15) is 0 Å². The lowest BCUT2D eigenvalue weighted by Gasteiger charge is -2.16. The first-order valence-electron chi connectivity index (χ1n) is 3.76. The van der Waals surface area contributed by atoms with Gasteiger partial charge in [0.1, 0.15) is 0 Å². The zero-order valence-electron chi connectivity index (χ0n) is 7.67. The van der Waals surface area contributed by atoms with Crippen LogP contribution in [-0.2, 0) is 0 Å². The number of rotatable bonds is 5. The lowest BCUT2D eigenvalue weighted by Crippen LogP contribution is -2.27. The molecule has 0 aliphatic rings. The van der Waals surface area contributed by atoms with Crippen LogP contribution >= 0.6 is 24.8 Å². The minimum atomic E-state index is 0. The zero-order chi connectivity index (χ0) is 7.98. The van der Waals surface area contributed by atoms with Gasteiger partial charge in [-0.1, -0.05) is 13.8 Å². The molecule has 0 aromatic carbocycles. The summed E-state index contributed by atoms with van der Waals surface area (Å²) >= 11 is 0. The zero-order valence-corrected chi connectivity index (χ0v) is 9.30. The molecule has 0 saturated heterocycles. The van der Waals surface area contributed by atoms with Crippen LogP contribution in [-0.4, -0.2) is 30.4 Å². The van der Waals surface area contributed by atoms with E-state index in [4.69, 9.17) is 11.1 Å². The van der Waals surface area contributed by atoms with Crippen molar-refractivity contribution in [2.24, 2.45) is 5.73 Å². The van der Waals surface area contributed by atoms with E-state index in [1.54, 1.807) is 0 Å². The summed E-state index contributed by atoms with van der Waals surface area (Å²) in [5, 5.41) is 6.99. The quantitative estimate of drug-likeness (QED) is 0.540. The highest BCUT2D eigenvalue weighted by atomic mass is 35.5. The van der Waals surface area contributed by atoms with Gasteiger partial charge in [-0.05, 0) is 13.1 Å². The molecule has 0 aliphatic carbocycles. The fourth-order valence-corrected chi connectivity index (χ4v) is 0.818. The lowest BCUT2D eigenvalue weighted by molar-refractivity contribution is 0.313. The summed E-state index contributed by atoms with van der Waals surface area (Å²) in [6.45, 7) is 7.24. The van der Waals surface area contributed by atoms with Crippen LogP contribution in [0, 0.1) is 5.41 Å². The molecular weight excluding hydrogens is 197 g/mol. The van der Waals surface area contributed by atoms with Gasteiger partial charge in [-0.25, -0.2) is 0 Å². The van der Waals surface area contributed by atoms with Gasteiger partial charge in [-0.15, -0.1) is 24.8 Å². The first-order valence-corrected chi connectivity index (χ1v) is 3.76. The number of nitrogens with two attached hydrogens (primary N) is 1. The number of hydrogen-bond donors (Lipinski definition) is 2. The Labute approximate surface area is 87.0 Å². The molecule has 0 bridgehead atoms. The van der Waals surface area contributed by atoms with E-state index in [0.717, 1.165) is 19.6 Å². The monoisotopic (exact) mass is 215 g/mol. The minimum absolute atomic E-state index is 0. The molecule has 5 heteroatoms. The van der Waals surface area contributed by atoms with Crippen LogP contribution in [0.2, 0.25) is 0 Å². The second kappa shape index (κ2) is 11.0. The second-order valence-electron chi connectivity index (χ2n) is 2.30. The van der Waals surface area contributed by atoms with Crippen molar-refractivity contribution in [3.63, 3.8) is 0 Å². The first kappa shape index (κ1) is 17.9. The van der Waals surface area contributed by atoms with E-state index >= 15 is 0 Å². The second-order valence-corrected chi connectivity index (χ2v) is 2.30. The van der Waals surface area contributed by atoms with Crippen molar-refractivity contribution in [2.45, 2.75) is 20.3 Å². The molecule has 0 aromatic rings. The molecule has 3 nitrogen and oxygen atoms in total. The van der Waals surface area contributed by atoms with Gasteiger partial charge in [-0.3, -0.25) is 5.41 Å². The van der Waals surface area contributed by atoms with Gasteiger partial charge in [0.25, 0.3) is 0 Å². The molecule has 0 fully saturated rings. The van der Waals surface area contributed by atoms with Crippen LogP contribution in [0.3, 0.4) is 0 Å². The Bertz CT molecular complexity index is 105. The number of amidine groups is 1. The van der Waals surface area contributed by atoms with Crippen molar-refractivity contribution in [3.8, 4) is 0 Å². The van der Waals surface area contributed by atoms with Crippen LogP contribution in [0.15, 0.2) is 0 Å². The molecule has 0 radical (unpaired) electrons.